The van der Waals surface area contributed by atoms with E-state index in [0.29, 0.717) is 24.0 Å². The zero-order valence-electron chi connectivity index (χ0n) is 15.8. The Labute approximate surface area is 168 Å². The molecule has 2 aromatic rings. The molecule has 0 bridgehead atoms. The zero-order chi connectivity index (χ0) is 21.2. The molecule has 0 saturated heterocycles. The molecular weight excluding hydrogens is 399 g/mol. The second-order valence-electron chi connectivity index (χ2n) is 7.09. The third-order valence-electron chi connectivity index (χ3n) is 5.11. The molecule has 7 nitrogen and oxygen atoms in total. The Morgan fingerprint density at radius 2 is 1.83 bits per heavy atom. The van der Waals surface area contributed by atoms with Gasteiger partial charge in [0, 0.05) is 5.69 Å². The van der Waals surface area contributed by atoms with Gasteiger partial charge in [0.2, 0.25) is 10.0 Å². The summed E-state index contributed by atoms with van der Waals surface area (Å²) in [6, 6.07) is 9.96. The summed E-state index contributed by atoms with van der Waals surface area (Å²) >= 11 is 0. The highest BCUT2D eigenvalue weighted by molar-refractivity contribution is 7.89. The normalized spacial score (nSPS) is 15.3. The van der Waals surface area contributed by atoms with Crippen LogP contribution in [0.5, 0.6) is 0 Å². The van der Waals surface area contributed by atoms with Gasteiger partial charge in [-0.05, 0) is 55.2 Å². The van der Waals surface area contributed by atoms with E-state index in [1.807, 2.05) is 0 Å². The molecule has 1 amide bonds. The van der Waals surface area contributed by atoms with E-state index >= 15 is 0 Å². The van der Waals surface area contributed by atoms with Crippen molar-refractivity contribution in [3.63, 3.8) is 0 Å². The summed E-state index contributed by atoms with van der Waals surface area (Å²) in [5, 5.41) is 7.64. The lowest BCUT2D eigenvalue weighted by atomic mass is 9.64. The topological polar surface area (TPSA) is 116 Å². The number of esters is 1. The summed E-state index contributed by atoms with van der Waals surface area (Å²) in [6.07, 6.45) is 1.96. The number of nitrogens with one attached hydrogen (secondary N) is 1. The van der Waals surface area contributed by atoms with E-state index in [0.717, 1.165) is 6.42 Å². The van der Waals surface area contributed by atoms with Crippen molar-refractivity contribution in [3.05, 3.63) is 59.4 Å². The Balaban J connectivity index is 1.65. The van der Waals surface area contributed by atoms with Crippen molar-refractivity contribution in [3.8, 4) is 0 Å². The fourth-order valence-corrected chi connectivity index (χ4v) is 4.17. The number of aryl methyl sites for hydroxylation is 1. The first kappa shape index (κ1) is 20.9. The van der Waals surface area contributed by atoms with Crippen LogP contribution in [0.15, 0.2) is 47.4 Å². The van der Waals surface area contributed by atoms with Crippen molar-refractivity contribution in [2.75, 3.05) is 11.9 Å². The molecule has 0 heterocycles. The predicted octanol–water partition coefficient (Wildman–Crippen LogP) is 2.39. The van der Waals surface area contributed by atoms with E-state index in [1.54, 1.807) is 19.1 Å². The fourth-order valence-electron chi connectivity index (χ4n) is 3.36. The highest BCUT2D eigenvalue weighted by atomic mass is 32.2. The molecule has 0 atom stereocenters. The average molecular weight is 420 g/mol. The molecule has 0 aliphatic heterocycles. The molecule has 1 aliphatic rings. The Morgan fingerprint density at radius 1 is 1.17 bits per heavy atom. The van der Waals surface area contributed by atoms with Gasteiger partial charge < -0.3 is 10.1 Å². The number of ether oxygens (including phenoxy) is 1. The Kier molecular flexibility index (Phi) is 5.72. The van der Waals surface area contributed by atoms with E-state index in [2.05, 4.69) is 5.32 Å². The maximum atomic E-state index is 13.2. The SMILES string of the molecule is Cc1ccc(NC(=O)COC(=O)C2(c3ccc(F)cc3)CCC2)cc1S(N)(=O)=O. The highest BCUT2D eigenvalue weighted by Gasteiger charge is 2.47. The number of halogens is 1. The maximum Gasteiger partial charge on any atom is 0.317 e. The van der Waals surface area contributed by atoms with Crippen molar-refractivity contribution in [2.45, 2.75) is 36.5 Å². The van der Waals surface area contributed by atoms with Crippen molar-refractivity contribution in [2.24, 2.45) is 5.14 Å². The molecular formula is C20H21FN2O5S. The van der Waals surface area contributed by atoms with Crippen molar-refractivity contribution < 1.29 is 27.1 Å². The van der Waals surface area contributed by atoms with Crippen LogP contribution in [0.4, 0.5) is 10.1 Å². The van der Waals surface area contributed by atoms with Crippen LogP contribution in [0.3, 0.4) is 0 Å². The summed E-state index contributed by atoms with van der Waals surface area (Å²) in [4.78, 5) is 24.7. The highest BCUT2D eigenvalue weighted by Crippen LogP contribution is 2.44. The summed E-state index contributed by atoms with van der Waals surface area (Å²) in [5.41, 5.74) is 0.464. The van der Waals surface area contributed by atoms with Crippen LogP contribution in [0, 0.1) is 12.7 Å². The molecule has 1 aliphatic carbocycles. The van der Waals surface area contributed by atoms with Crippen LogP contribution in [0.1, 0.15) is 30.4 Å². The van der Waals surface area contributed by atoms with Crippen molar-refractivity contribution >= 4 is 27.6 Å². The van der Waals surface area contributed by atoms with Crippen LogP contribution < -0.4 is 10.5 Å². The smallest absolute Gasteiger partial charge is 0.317 e. The van der Waals surface area contributed by atoms with Gasteiger partial charge in [-0.15, -0.1) is 0 Å². The summed E-state index contributed by atoms with van der Waals surface area (Å²) < 4.78 is 41.5. The number of nitrogens with two attached hydrogens (primary N) is 1. The molecule has 0 radical (unpaired) electrons. The minimum Gasteiger partial charge on any atom is -0.455 e. The van der Waals surface area contributed by atoms with E-state index in [4.69, 9.17) is 9.88 Å². The number of hydrogen-bond donors (Lipinski definition) is 2. The van der Waals surface area contributed by atoms with Crippen LogP contribution >= 0.6 is 0 Å². The molecule has 1 saturated carbocycles. The third-order valence-corrected chi connectivity index (χ3v) is 6.16. The predicted molar refractivity (Wildman–Crippen MR) is 104 cm³/mol. The van der Waals surface area contributed by atoms with Crippen molar-refractivity contribution in [1.82, 2.24) is 0 Å². The molecule has 154 valence electrons. The lowest BCUT2D eigenvalue weighted by molar-refractivity contribution is -0.156. The molecule has 29 heavy (non-hydrogen) atoms. The van der Waals surface area contributed by atoms with Crippen LogP contribution in [-0.2, 0) is 29.8 Å². The minimum atomic E-state index is -3.93. The standard InChI is InChI=1S/C20H21FN2O5S/c1-13-3-8-16(11-17(13)29(22,26)27)23-18(24)12-28-19(25)20(9-2-10-20)14-4-6-15(21)7-5-14/h3-8,11H,2,9-10,12H2,1H3,(H,23,24)(H2,22,26,27). The van der Waals surface area contributed by atoms with Crippen molar-refractivity contribution in [1.29, 1.82) is 0 Å². The number of hydrogen-bond acceptors (Lipinski definition) is 5. The largest absolute Gasteiger partial charge is 0.455 e. The van der Waals surface area contributed by atoms with Crippen LogP contribution in [-0.4, -0.2) is 26.9 Å². The number of benzene rings is 2. The van der Waals surface area contributed by atoms with Gasteiger partial charge in [-0.3, -0.25) is 9.59 Å². The minimum absolute atomic E-state index is 0.1000. The van der Waals surface area contributed by atoms with Gasteiger partial charge in [-0.25, -0.2) is 17.9 Å². The maximum absolute atomic E-state index is 13.2. The van der Waals surface area contributed by atoms with Gasteiger partial charge in [0.15, 0.2) is 6.61 Å². The zero-order valence-corrected chi connectivity index (χ0v) is 16.6. The molecule has 0 unspecified atom stereocenters. The number of primary sulfonamides is 1. The molecule has 9 heteroatoms. The van der Waals surface area contributed by atoms with E-state index < -0.39 is 39.7 Å². The lowest BCUT2D eigenvalue weighted by Gasteiger charge is -2.39. The third kappa shape index (κ3) is 4.46. The Morgan fingerprint density at radius 3 is 2.38 bits per heavy atom. The Bertz CT molecular complexity index is 1050. The molecule has 3 rings (SSSR count). The van der Waals surface area contributed by atoms with Gasteiger partial charge >= 0.3 is 5.97 Å². The van der Waals surface area contributed by atoms with Gasteiger partial charge in [0.05, 0.1) is 10.3 Å². The molecule has 0 spiro atoms. The molecule has 0 aromatic heterocycles. The molecule has 1 fully saturated rings. The number of rotatable bonds is 6. The number of sulfonamides is 1. The Hall–Kier alpha value is -2.78. The first-order chi connectivity index (χ1) is 13.6. The van der Waals surface area contributed by atoms with Crippen LogP contribution in [0.2, 0.25) is 0 Å². The first-order valence-electron chi connectivity index (χ1n) is 8.98. The molecule has 2 aromatic carbocycles. The molecule has 3 N–H and O–H groups in total. The number of anilines is 1. The quantitative estimate of drug-likeness (QED) is 0.696. The summed E-state index contributed by atoms with van der Waals surface area (Å²) in [6.45, 7) is 1.06. The van der Waals surface area contributed by atoms with Gasteiger partial charge in [0.1, 0.15) is 5.82 Å². The lowest BCUT2D eigenvalue weighted by Crippen LogP contribution is -2.44. The van der Waals surface area contributed by atoms with E-state index in [1.165, 1.54) is 30.3 Å². The van der Waals surface area contributed by atoms with E-state index in [9.17, 15) is 22.4 Å². The number of carbonyl (C=O) groups is 2. The second kappa shape index (κ2) is 7.92. The second-order valence-corrected chi connectivity index (χ2v) is 8.62. The van der Waals surface area contributed by atoms with Gasteiger partial charge in [-0.1, -0.05) is 24.6 Å². The average Bonchev–Trinajstić information content (AvgIpc) is 2.61. The summed E-state index contributed by atoms with van der Waals surface area (Å²) in [7, 11) is -3.93. The monoisotopic (exact) mass is 420 g/mol. The van der Waals surface area contributed by atoms with Crippen LogP contribution in [0.25, 0.3) is 0 Å². The number of carbonyl (C=O) groups excluding carboxylic acids is 2. The fraction of sp³-hybridized carbons (Fsp3) is 0.300. The summed E-state index contributed by atoms with van der Waals surface area (Å²) in [5.74, 6) is -1.55. The van der Waals surface area contributed by atoms with E-state index in [-0.39, 0.29) is 10.6 Å². The number of amides is 1. The first-order valence-corrected chi connectivity index (χ1v) is 10.5. The van der Waals surface area contributed by atoms with Gasteiger partial charge in [0.25, 0.3) is 5.91 Å². The van der Waals surface area contributed by atoms with Gasteiger partial charge in [-0.2, -0.15) is 0 Å².